The highest BCUT2D eigenvalue weighted by Gasteiger charge is 2.20. The number of hydrogen-bond donors (Lipinski definition) is 3. The lowest BCUT2D eigenvalue weighted by atomic mass is 10.0. The molecule has 0 bridgehead atoms. The molecule has 0 aliphatic rings. The minimum absolute atomic E-state index is 0.00373. The van der Waals surface area contributed by atoms with E-state index in [-0.39, 0.29) is 18.5 Å². The molecule has 0 heterocycles. The van der Waals surface area contributed by atoms with Gasteiger partial charge in [0.2, 0.25) is 5.91 Å². The molecule has 0 radical (unpaired) electrons. The van der Waals surface area contributed by atoms with Crippen LogP contribution in [0.5, 0.6) is 0 Å². The molecule has 0 saturated carbocycles. The lowest BCUT2D eigenvalue weighted by Crippen LogP contribution is -2.45. The van der Waals surface area contributed by atoms with Gasteiger partial charge < -0.3 is 20.3 Å². The lowest BCUT2D eigenvalue weighted by molar-refractivity contribution is -0.143. The number of amides is 1. The normalized spacial score (nSPS) is 12.8. The van der Waals surface area contributed by atoms with Crippen LogP contribution in [0.2, 0.25) is 0 Å². The molecule has 0 aliphatic heterocycles. The predicted octanol–water partition coefficient (Wildman–Crippen LogP) is 21.1. The SMILES string of the molecule is CCCC/C=C\CCCCCCCC(=O)OCCCCCCCCCCC/C=C\C/C=C\CCCCCCCCCC(=O)NC(CO)C(O)CCCCCCCCCCCCCCCCCCCCCCCCC. The number of carbonyl (C=O) groups is 2. The molecule has 2 atom stereocenters. The maximum absolute atomic E-state index is 12.5. The van der Waals surface area contributed by atoms with Gasteiger partial charge in [0.15, 0.2) is 0 Å². The summed E-state index contributed by atoms with van der Waals surface area (Å²) in [5.74, 6) is -0.0457. The minimum atomic E-state index is -0.673. The van der Waals surface area contributed by atoms with Crippen LogP contribution in [0.15, 0.2) is 36.5 Å². The second-order valence-corrected chi connectivity index (χ2v) is 22.8. The Morgan fingerprint density at radius 3 is 1.08 bits per heavy atom. The quantitative estimate of drug-likeness (QED) is 0.0320. The molecule has 3 N–H and O–H groups in total. The Bertz CT molecular complexity index is 1200. The van der Waals surface area contributed by atoms with Crippen molar-refractivity contribution in [1.82, 2.24) is 5.32 Å². The lowest BCUT2D eigenvalue weighted by Gasteiger charge is -2.22. The summed E-state index contributed by atoms with van der Waals surface area (Å²) < 4.78 is 5.45. The van der Waals surface area contributed by atoms with Crippen molar-refractivity contribution in [2.24, 2.45) is 0 Å². The van der Waals surface area contributed by atoms with Crippen molar-refractivity contribution in [3.05, 3.63) is 36.5 Å². The number of unbranched alkanes of at least 4 members (excludes halogenated alkanes) is 45. The molecular formula is C68H129NO5. The Morgan fingerprint density at radius 1 is 0.378 bits per heavy atom. The molecule has 436 valence electrons. The largest absolute Gasteiger partial charge is 0.466 e. The van der Waals surface area contributed by atoms with E-state index in [1.165, 1.54) is 270 Å². The van der Waals surface area contributed by atoms with Crippen molar-refractivity contribution >= 4 is 11.9 Å². The van der Waals surface area contributed by atoms with Gasteiger partial charge in [-0.15, -0.1) is 0 Å². The Hall–Kier alpha value is -1.92. The summed E-state index contributed by atoms with van der Waals surface area (Å²) in [5, 5.41) is 23.4. The van der Waals surface area contributed by atoms with Gasteiger partial charge in [-0.3, -0.25) is 9.59 Å². The first-order valence-corrected chi connectivity index (χ1v) is 33.2. The topological polar surface area (TPSA) is 95.9 Å². The van der Waals surface area contributed by atoms with Crippen LogP contribution in [-0.4, -0.2) is 47.4 Å². The van der Waals surface area contributed by atoms with Crippen molar-refractivity contribution in [3.63, 3.8) is 0 Å². The van der Waals surface area contributed by atoms with Gasteiger partial charge in [-0.2, -0.15) is 0 Å². The molecule has 0 spiro atoms. The molecule has 2 unspecified atom stereocenters. The van der Waals surface area contributed by atoms with E-state index in [1.807, 2.05) is 0 Å². The van der Waals surface area contributed by atoms with E-state index in [1.54, 1.807) is 0 Å². The van der Waals surface area contributed by atoms with Crippen molar-refractivity contribution < 1.29 is 24.5 Å². The number of nitrogens with one attached hydrogen (secondary N) is 1. The zero-order valence-electron chi connectivity index (χ0n) is 49.8. The zero-order valence-corrected chi connectivity index (χ0v) is 49.8. The van der Waals surface area contributed by atoms with Crippen LogP contribution in [0.1, 0.15) is 361 Å². The maximum Gasteiger partial charge on any atom is 0.305 e. The number of carbonyl (C=O) groups excluding carboxylic acids is 2. The molecular weight excluding hydrogens is 911 g/mol. The van der Waals surface area contributed by atoms with Crippen molar-refractivity contribution in [2.75, 3.05) is 13.2 Å². The third-order valence-corrected chi connectivity index (χ3v) is 15.4. The molecule has 1 amide bonds. The van der Waals surface area contributed by atoms with E-state index >= 15 is 0 Å². The Balaban J connectivity index is 3.46. The molecule has 0 fully saturated rings. The highest BCUT2D eigenvalue weighted by Crippen LogP contribution is 2.18. The molecule has 0 aromatic heterocycles. The van der Waals surface area contributed by atoms with Gasteiger partial charge in [0.1, 0.15) is 0 Å². The summed E-state index contributed by atoms with van der Waals surface area (Å²) in [6, 6.07) is -0.551. The van der Waals surface area contributed by atoms with Crippen LogP contribution < -0.4 is 5.32 Å². The fourth-order valence-corrected chi connectivity index (χ4v) is 10.3. The summed E-state index contributed by atoms with van der Waals surface area (Å²) in [6.07, 6.45) is 80.3. The van der Waals surface area contributed by atoms with Gasteiger partial charge in [-0.05, 0) is 77.0 Å². The molecule has 0 aromatic carbocycles. The number of hydrogen-bond acceptors (Lipinski definition) is 5. The fraction of sp³-hybridized carbons (Fsp3) is 0.882. The second-order valence-electron chi connectivity index (χ2n) is 22.8. The summed E-state index contributed by atoms with van der Waals surface area (Å²) in [7, 11) is 0. The van der Waals surface area contributed by atoms with E-state index in [9.17, 15) is 19.8 Å². The minimum Gasteiger partial charge on any atom is -0.466 e. The third kappa shape index (κ3) is 59.3. The highest BCUT2D eigenvalue weighted by molar-refractivity contribution is 5.76. The van der Waals surface area contributed by atoms with Crippen LogP contribution >= 0.6 is 0 Å². The van der Waals surface area contributed by atoms with Gasteiger partial charge >= 0.3 is 5.97 Å². The van der Waals surface area contributed by atoms with E-state index in [4.69, 9.17) is 4.74 Å². The predicted molar refractivity (Wildman–Crippen MR) is 324 cm³/mol. The summed E-state index contributed by atoms with van der Waals surface area (Å²) in [4.78, 5) is 24.5. The van der Waals surface area contributed by atoms with Crippen LogP contribution in [-0.2, 0) is 14.3 Å². The first-order chi connectivity index (χ1) is 36.5. The monoisotopic (exact) mass is 1040 g/mol. The molecule has 0 aromatic rings. The van der Waals surface area contributed by atoms with Crippen LogP contribution in [0.3, 0.4) is 0 Å². The molecule has 0 saturated heterocycles. The third-order valence-electron chi connectivity index (χ3n) is 15.4. The first kappa shape index (κ1) is 72.1. The number of allylic oxidation sites excluding steroid dienone is 6. The van der Waals surface area contributed by atoms with Gasteiger partial charge in [0.05, 0.1) is 25.4 Å². The van der Waals surface area contributed by atoms with Gasteiger partial charge in [-0.25, -0.2) is 0 Å². The van der Waals surface area contributed by atoms with Crippen molar-refractivity contribution in [3.8, 4) is 0 Å². The van der Waals surface area contributed by atoms with Crippen molar-refractivity contribution in [2.45, 2.75) is 373 Å². The van der Waals surface area contributed by atoms with Crippen LogP contribution in [0, 0.1) is 0 Å². The summed E-state index contributed by atoms with van der Waals surface area (Å²) in [5.41, 5.74) is 0. The number of rotatable bonds is 62. The van der Waals surface area contributed by atoms with E-state index in [0.29, 0.717) is 25.9 Å². The fourth-order valence-electron chi connectivity index (χ4n) is 10.3. The number of ether oxygens (including phenoxy) is 1. The first-order valence-electron chi connectivity index (χ1n) is 33.2. The molecule has 0 aliphatic carbocycles. The van der Waals surface area contributed by atoms with Gasteiger partial charge in [0.25, 0.3) is 0 Å². The smallest absolute Gasteiger partial charge is 0.305 e. The Kier molecular flexibility index (Phi) is 62.0. The Labute approximate surface area is 462 Å². The van der Waals surface area contributed by atoms with Gasteiger partial charge in [0, 0.05) is 12.8 Å². The van der Waals surface area contributed by atoms with E-state index in [0.717, 1.165) is 57.8 Å². The number of aliphatic hydroxyl groups excluding tert-OH is 2. The second kappa shape index (κ2) is 63.6. The molecule has 74 heavy (non-hydrogen) atoms. The van der Waals surface area contributed by atoms with Crippen LogP contribution in [0.25, 0.3) is 0 Å². The summed E-state index contributed by atoms with van der Waals surface area (Å²) in [6.45, 7) is 4.93. The maximum atomic E-state index is 12.5. The number of esters is 1. The van der Waals surface area contributed by atoms with Crippen LogP contribution in [0.4, 0.5) is 0 Å². The standard InChI is InChI=1S/C68H129NO5/c1-3-5-7-9-11-13-15-16-17-18-19-20-22-25-28-31-34-37-41-44-48-52-56-60-66(71)65(64-70)69-67(72)61-57-53-49-45-42-38-35-32-29-26-23-21-24-27-30-33-36-39-43-47-51-55-59-63-74-68(73)62-58-54-50-46-40-14-12-10-8-6-4-2/h10,12,21,24,26,29,65-66,70-71H,3-9,11,13-20,22-23,25,27-28,30-64H2,1-2H3,(H,69,72)/b12-10-,24-21-,29-26-. The number of aliphatic hydroxyl groups is 2. The van der Waals surface area contributed by atoms with E-state index in [2.05, 4.69) is 55.6 Å². The Morgan fingerprint density at radius 2 is 0.689 bits per heavy atom. The summed E-state index contributed by atoms with van der Waals surface area (Å²) >= 11 is 0. The van der Waals surface area contributed by atoms with Crippen molar-refractivity contribution in [1.29, 1.82) is 0 Å². The van der Waals surface area contributed by atoms with Gasteiger partial charge in [-0.1, -0.05) is 307 Å². The highest BCUT2D eigenvalue weighted by atomic mass is 16.5. The molecule has 6 nitrogen and oxygen atoms in total. The average Bonchev–Trinajstić information content (AvgIpc) is 3.40. The molecule has 6 heteroatoms. The average molecular weight is 1040 g/mol. The molecule has 0 rings (SSSR count). The zero-order chi connectivity index (χ0) is 53.6. The van der Waals surface area contributed by atoms with E-state index < -0.39 is 12.1 Å².